The van der Waals surface area contributed by atoms with E-state index < -0.39 is 0 Å². The van der Waals surface area contributed by atoms with E-state index in [2.05, 4.69) is 38.3 Å². The van der Waals surface area contributed by atoms with Crippen LogP contribution in [0.15, 0.2) is 12.5 Å². The summed E-state index contributed by atoms with van der Waals surface area (Å²) in [6.45, 7) is 6.07. The van der Waals surface area contributed by atoms with Gasteiger partial charge in [0.1, 0.15) is 12.1 Å². The summed E-state index contributed by atoms with van der Waals surface area (Å²) in [6.07, 6.45) is 6.15. The van der Waals surface area contributed by atoms with Gasteiger partial charge in [0.05, 0.1) is 30.6 Å². The van der Waals surface area contributed by atoms with E-state index in [1.807, 2.05) is 0 Å². The Morgan fingerprint density at radius 1 is 1.45 bits per heavy atom. The number of nitrogens with zero attached hydrogens (tertiary/aromatic N) is 6. The Kier molecular flexibility index (Phi) is 4.49. The number of aryl methyl sites for hydroxylation is 1. The number of nitriles is 1. The standard InChI is InChI=1S/C15H21N7/c1-2-21-7-3-5-12(10-21)20-14-13-9-19-22(8-4-6-16)15(13)18-11-17-14/h9,11-12H,2-5,7-8,10H2,1H3,(H,17,18,20). The molecule has 1 N–H and O–H groups in total. The molecule has 7 heteroatoms. The van der Waals surface area contributed by atoms with Crippen LogP contribution < -0.4 is 5.32 Å². The minimum Gasteiger partial charge on any atom is -0.365 e. The first-order chi connectivity index (χ1) is 10.8. The summed E-state index contributed by atoms with van der Waals surface area (Å²) in [5.74, 6) is 0.844. The molecule has 3 heterocycles. The van der Waals surface area contributed by atoms with E-state index in [1.54, 1.807) is 17.2 Å². The second-order valence-electron chi connectivity index (χ2n) is 5.61. The molecule has 1 fully saturated rings. The molecular formula is C15H21N7. The monoisotopic (exact) mass is 299 g/mol. The van der Waals surface area contributed by atoms with Crippen molar-refractivity contribution in [1.29, 1.82) is 5.26 Å². The smallest absolute Gasteiger partial charge is 0.163 e. The predicted molar refractivity (Wildman–Crippen MR) is 84.3 cm³/mol. The summed E-state index contributed by atoms with van der Waals surface area (Å²) in [7, 11) is 0. The predicted octanol–water partition coefficient (Wildman–Crippen LogP) is 1.64. The van der Waals surface area contributed by atoms with E-state index in [9.17, 15) is 0 Å². The van der Waals surface area contributed by atoms with Gasteiger partial charge in [-0.15, -0.1) is 0 Å². The molecule has 7 nitrogen and oxygen atoms in total. The van der Waals surface area contributed by atoms with Crippen molar-refractivity contribution in [2.75, 3.05) is 25.0 Å². The van der Waals surface area contributed by atoms with Crippen molar-refractivity contribution < 1.29 is 0 Å². The maximum Gasteiger partial charge on any atom is 0.163 e. The molecule has 1 unspecified atom stereocenters. The third-order valence-corrected chi connectivity index (χ3v) is 4.16. The minimum absolute atomic E-state index is 0.411. The van der Waals surface area contributed by atoms with Crippen LogP contribution in [0.25, 0.3) is 11.0 Å². The molecular weight excluding hydrogens is 278 g/mol. The number of nitrogens with one attached hydrogen (secondary N) is 1. The minimum atomic E-state index is 0.411. The lowest BCUT2D eigenvalue weighted by atomic mass is 10.1. The fourth-order valence-corrected chi connectivity index (χ4v) is 2.98. The molecule has 2 aromatic rings. The highest BCUT2D eigenvalue weighted by Gasteiger charge is 2.20. The number of fused-ring (bicyclic) bond motifs is 1. The Balaban J connectivity index is 1.79. The molecule has 0 aromatic carbocycles. The number of hydrogen-bond acceptors (Lipinski definition) is 6. The maximum atomic E-state index is 8.72. The number of likely N-dealkylation sites (tertiary alicyclic amines) is 1. The average Bonchev–Trinajstić information content (AvgIpc) is 2.97. The van der Waals surface area contributed by atoms with Gasteiger partial charge in [0.15, 0.2) is 5.65 Å². The summed E-state index contributed by atoms with van der Waals surface area (Å²) >= 11 is 0. The van der Waals surface area contributed by atoms with Crippen molar-refractivity contribution in [3.05, 3.63) is 12.5 Å². The Bertz CT molecular complexity index is 672. The van der Waals surface area contributed by atoms with Gasteiger partial charge in [0, 0.05) is 12.6 Å². The van der Waals surface area contributed by atoms with Crippen LogP contribution in [0.1, 0.15) is 26.2 Å². The first-order valence-corrected chi connectivity index (χ1v) is 7.84. The number of hydrogen-bond donors (Lipinski definition) is 1. The number of piperidine rings is 1. The first-order valence-electron chi connectivity index (χ1n) is 7.84. The Labute approximate surface area is 130 Å². The highest BCUT2D eigenvalue weighted by Crippen LogP contribution is 2.21. The molecule has 3 rings (SSSR count). The summed E-state index contributed by atoms with van der Waals surface area (Å²) in [5, 5.41) is 17.5. The molecule has 2 aromatic heterocycles. The van der Waals surface area contributed by atoms with Gasteiger partial charge < -0.3 is 10.2 Å². The van der Waals surface area contributed by atoms with Gasteiger partial charge in [0.2, 0.25) is 0 Å². The van der Waals surface area contributed by atoms with E-state index in [1.165, 1.54) is 13.0 Å². The summed E-state index contributed by atoms with van der Waals surface area (Å²) in [4.78, 5) is 11.1. The van der Waals surface area contributed by atoms with Crippen LogP contribution in [-0.2, 0) is 6.54 Å². The van der Waals surface area contributed by atoms with E-state index >= 15 is 0 Å². The van der Waals surface area contributed by atoms with Gasteiger partial charge >= 0.3 is 0 Å². The zero-order valence-corrected chi connectivity index (χ0v) is 12.9. The fourth-order valence-electron chi connectivity index (χ4n) is 2.98. The highest BCUT2D eigenvalue weighted by molar-refractivity contribution is 5.86. The number of likely N-dealkylation sites (N-methyl/N-ethyl adjacent to an activating group) is 1. The zero-order valence-electron chi connectivity index (χ0n) is 12.9. The molecule has 0 saturated carbocycles. The molecule has 0 amide bonds. The van der Waals surface area contributed by atoms with Gasteiger partial charge in [-0.1, -0.05) is 6.92 Å². The quantitative estimate of drug-likeness (QED) is 0.903. The normalized spacial score (nSPS) is 19.2. The molecule has 0 bridgehead atoms. The van der Waals surface area contributed by atoms with E-state index in [0.717, 1.165) is 36.4 Å². The lowest BCUT2D eigenvalue weighted by molar-refractivity contribution is 0.226. The zero-order chi connectivity index (χ0) is 15.4. The first kappa shape index (κ1) is 14.7. The molecule has 0 radical (unpaired) electrons. The van der Waals surface area contributed by atoms with Gasteiger partial charge in [-0.05, 0) is 25.9 Å². The third kappa shape index (κ3) is 3.02. The molecule has 22 heavy (non-hydrogen) atoms. The summed E-state index contributed by atoms with van der Waals surface area (Å²) in [5.41, 5.74) is 0.788. The summed E-state index contributed by atoms with van der Waals surface area (Å²) in [6, 6.07) is 2.55. The van der Waals surface area contributed by atoms with Crippen molar-refractivity contribution in [2.45, 2.75) is 38.8 Å². The maximum absolute atomic E-state index is 8.72. The van der Waals surface area contributed by atoms with Crippen molar-refractivity contribution in [3.8, 4) is 6.07 Å². The fraction of sp³-hybridized carbons (Fsp3) is 0.600. The van der Waals surface area contributed by atoms with Crippen molar-refractivity contribution in [3.63, 3.8) is 0 Å². The van der Waals surface area contributed by atoms with Crippen LogP contribution in [0.2, 0.25) is 0 Å². The van der Waals surface area contributed by atoms with Crippen molar-refractivity contribution in [2.24, 2.45) is 0 Å². The molecule has 0 aliphatic carbocycles. The number of aromatic nitrogens is 4. The third-order valence-electron chi connectivity index (χ3n) is 4.16. The second-order valence-corrected chi connectivity index (χ2v) is 5.61. The molecule has 116 valence electrons. The van der Waals surface area contributed by atoms with Crippen LogP contribution in [0, 0.1) is 11.3 Å². The van der Waals surface area contributed by atoms with Crippen molar-refractivity contribution in [1.82, 2.24) is 24.6 Å². The van der Waals surface area contributed by atoms with Crippen LogP contribution in [0.3, 0.4) is 0 Å². The van der Waals surface area contributed by atoms with Gasteiger partial charge in [0.25, 0.3) is 0 Å². The van der Waals surface area contributed by atoms with E-state index in [4.69, 9.17) is 5.26 Å². The molecule has 1 saturated heterocycles. The molecule has 1 atom stereocenters. The van der Waals surface area contributed by atoms with E-state index in [0.29, 0.717) is 19.0 Å². The van der Waals surface area contributed by atoms with Crippen molar-refractivity contribution >= 4 is 16.9 Å². The molecule has 1 aliphatic heterocycles. The topological polar surface area (TPSA) is 82.7 Å². The van der Waals surface area contributed by atoms with Gasteiger partial charge in [-0.3, -0.25) is 0 Å². The number of rotatable bonds is 5. The lowest BCUT2D eigenvalue weighted by Crippen LogP contribution is -2.42. The van der Waals surface area contributed by atoms with Crippen LogP contribution in [0.5, 0.6) is 0 Å². The molecule has 0 spiro atoms. The summed E-state index contributed by atoms with van der Waals surface area (Å²) < 4.78 is 1.77. The average molecular weight is 299 g/mol. The van der Waals surface area contributed by atoms with Crippen LogP contribution in [-0.4, -0.2) is 50.3 Å². The molecule has 1 aliphatic rings. The van der Waals surface area contributed by atoms with Gasteiger partial charge in [-0.25, -0.2) is 14.6 Å². The van der Waals surface area contributed by atoms with Gasteiger partial charge in [-0.2, -0.15) is 10.4 Å². The Morgan fingerprint density at radius 3 is 3.18 bits per heavy atom. The SMILES string of the molecule is CCN1CCCC(Nc2ncnc3c2cnn3CCC#N)C1. The Hall–Kier alpha value is -2.20. The number of anilines is 1. The highest BCUT2D eigenvalue weighted by atomic mass is 15.3. The largest absolute Gasteiger partial charge is 0.365 e. The second kappa shape index (κ2) is 6.71. The Morgan fingerprint density at radius 2 is 2.36 bits per heavy atom. The van der Waals surface area contributed by atoms with Crippen LogP contribution in [0.4, 0.5) is 5.82 Å². The van der Waals surface area contributed by atoms with E-state index in [-0.39, 0.29) is 0 Å². The van der Waals surface area contributed by atoms with Crippen LogP contribution >= 0.6 is 0 Å². The lowest BCUT2D eigenvalue weighted by Gasteiger charge is -2.32.